The highest BCUT2D eigenvalue weighted by Crippen LogP contribution is 2.12. The fourth-order valence-electron chi connectivity index (χ4n) is 2.43. The summed E-state index contributed by atoms with van der Waals surface area (Å²) in [7, 11) is -3.70. The van der Waals surface area contributed by atoms with Crippen LogP contribution in [0.25, 0.3) is 0 Å². The van der Waals surface area contributed by atoms with E-state index in [0.29, 0.717) is 12.1 Å². The van der Waals surface area contributed by atoms with E-state index in [1.54, 1.807) is 12.1 Å². The van der Waals surface area contributed by atoms with Gasteiger partial charge in [-0.15, -0.1) is 12.4 Å². The number of likely N-dealkylation sites (N-methyl/N-ethyl adjacent to an activating group) is 1. The van der Waals surface area contributed by atoms with Gasteiger partial charge in [0, 0.05) is 24.7 Å². The van der Waals surface area contributed by atoms with Crippen molar-refractivity contribution < 1.29 is 13.2 Å². The number of nitrogens with one attached hydrogen (secondary N) is 3. The molecule has 27 heavy (non-hydrogen) atoms. The number of halogens is 1. The maximum Gasteiger partial charge on any atom is 0.251 e. The van der Waals surface area contributed by atoms with E-state index in [2.05, 4.69) is 15.4 Å². The zero-order chi connectivity index (χ0) is 19.0. The molecule has 0 fully saturated rings. The summed E-state index contributed by atoms with van der Waals surface area (Å²) in [4.78, 5) is 12.3. The van der Waals surface area contributed by atoms with Crippen LogP contribution in [0, 0.1) is 0 Å². The number of carbonyl (C=O) groups excluding carboxylic acids is 1. The third-order valence-electron chi connectivity index (χ3n) is 3.84. The smallest absolute Gasteiger partial charge is 0.251 e. The van der Waals surface area contributed by atoms with Crippen molar-refractivity contribution in [3.8, 4) is 0 Å². The Morgan fingerprint density at radius 3 is 2.44 bits per heavy atom. The van der Waals surface area contributed by atoms with Crippen LogP contribution in [0.3, 0.4) is 0 Å². The molecule has 148 valence electrons. The molecule has 0 bridgehead atoms. The summed E-state index contributed by atoms with van der Waals surface area (Å²) < 4.78 is 27.5. The van der Waals surface area contributed by atoms with Crippen LogP contribution in [0.5, 0.6) is 0 Å². The molecule has 0 aliphatic carbocycles. The zero-order valence-corrected chi connectivity index (χ0v) is 17.1. The third kappa shape index (κ3) is 7.30. The molecule has 0 spiro atoms. The monoisotopic (exact) mass is 411 g/mol. The lowest BCUT2D eigenvalue weighted by molar-refractivity contribution is 0.0950. The van der Waals surface area contributed by atoms with Crippen molar-refractivity contribution in [1.82, 2.24) is 15.4 Å². The van der Waals surface area contributed by atoms with Gasteiger partial charge in [0.1, 0.15) is 0 Å². The molecule has 1 amide bonds. The maximum atomic E-state index is 12.5. The first-order chi connectivity index (χ1) is 12.4. The predicted octanol–water partition coefficient (Wildman–Crippen LogP) is 2.31. The number of hydrogen-bond donors (Lipinski definition) is 3. The first-order valence-corrected chi connectivity index (χ1v) is 10.1. The number of benzene rings is 2. The van der Waals surface area contributed by atoms with Crippen LogP contribution in [-0.4, -0.2) is 33.5 Å². The lowest BCUT2D eigenvalue weighted by Crippen LogP contribution is -2.38. The van der Waals surface area contributed by atoms with E-state index in [-0.39, 0.29) is 35.8 Å². The quantitative estimate of drug-likeness (QED) is 0.591. The number of sulfonamides is 1. The van der Waals surface area contributed by atoms with Crippen LogP contribution >= 0.6 is 12.4 Å². The molecule has 0 saturated carbocycles. The summed E-state index contributed by atoms with van der Waals surface area (Å²) in [6, 6.07) is 15.4. The molecule has 8 heteroatoms. The van der Waals surface area contributed by atoms with Gasteiger partial charge in [-0.1, -0.05) is 43.3 Å². The van der Waals surface area contributed by atoms with Gasteiger partial charge >= 0.3 is 0 Å². The van der Waals surface area contributed by atoms with Crippen molar-refractivity contribution in [3.05, 3.63) is 65.7 Å². The van der Waals surface area contributed by atoms with Crippen LogP contribution in [-0.2, 0) is 16.6 Å². The minimum absolute atomic E-state index is 0. The molecule has 0 heterocycles. The first kappa shape index (κ1) is 23.1. The fraction of sp³-hybridized carbons (Fsp3) is 0.316. The minimum atomic E-state index is -3.70. The molecule has 2 aromatic rings. The average Bonchev–Trinajstić information content (AvgIpc) is 2.66. The standard InChI is InChI=1S/C19H25N3O3S.ClH/c1-3-20-15(2)13-21-19(23)17-10-7-11-18(12-17)26(24,25)22-14-16-8-5-4-6-9-16;/h4-12,15,20,22H,3,13-14H2,1-2H3,(H,21,23);1H/t15-;/m1./s1. The molecule has 0 aliphatic heterocycles. The van der Waals surface area contributed by atoms with Crippen molar-refractivity contribution in [1.29, 1.82) is 0 Å². The highest BCUT2D eigenvalue weighted by molar-refractivity contribution is 7.89. The Morgan fingerprint density at radius 1 is 1.07 bits per heavy atom. The summed E-state index contributed by atoms with van der Waals surface area (Å²) in [5.41, 5.74) is 1.18. The van der Waals surface area contributed by atoms with Crippen LogP contribution in [0.2, 0.25) is 0 Å². The van der Waals surface area contributed by atoms with Crippen LogP contribution in [0.15, 0.2) is 59.5 Å². The average molecular weight is 412 g/mol. The second kappa shape index (κ2) is 11.0. The minimum Gasteiger partial charge on any atom is -0.350 e. The topological polar surface area (TPSA) is 87.3 Å². The van der Waals surface area contributed by atoms with Gasteiger partial charge in [0.15, 0.2) is 0 Å². The van der Waals surface area contributed by atoms with E-state index in [9.17, 15) is 13.2 Å². The summed E-state index contributed by atoms with van der Waals surface area (Å²) >= 11 is 0. The molecule has 6 nitrogen and oxygen atoms in total. The van der Waals surface area contributed by atoms with Gasteiger partial charge in [-0.25, -0.2) is 13.1 Å². The number of carbonyl (C=O) groups is 1. The molecule has 3 N–H and O–H groups in total. The largest absolute Gasteiger partial charge is 0.350 e. The van der Waals surface area contributed by atoms with Crippen LogP contribution < -0.4 is 15.4 Å². The van der Waals surface area contributed by atoms with Crippen molar-refractivity contribution >= 4 is 28.3 Å². The second-order valence-electron chi connectivity index (χ2n) is 6.01. The lowest BCUT2D eigenvalue weighted by Gasteiger charge is -2.13. The second-order valence-corrected chi connectivity index (χ2v) is 7.77. The van der Waals surface area contributed by atoms with Gasteiger partial charge in [-0.3, -0.25) is 4.79 Å². The van der Waals surface area contributed by atoms with Gasteiger partial charge < -0.3 is 10.6 Å². The highest BCUT2D eigenvalue weighted by atomic mass is 35.5. The van der Waals surface area contributed by atoms with Gasteiger partial charge in [0.2, 0.25) is 10.0 Å². The molecular weight excluding hydrogens is 386 g/mol. The van der Waals surface area contributed by atoms with E-state index < -0.39 is 10.0 Å². The SMILES string of the molecule is CCN[C@H](C)CNC(=O)c1cccc(S(=O)(=O)NCc2ccccc2)c1.Cl. The molecule has 1 atom stereocenters. The Hall–Kier alpha value is -1.93. The van der Waals surface area contributed by atoms with Crippen molar-refractivity contribution in [2.24, 2.45) is 0 Å². The number of amides is 1. The van der Waals surface area contributed by atoms with Gasteiger partial charge in [0.05, 0.1) is 4.90 Å². The Kier molecular flexibility index (Phi) is 9.45. The molecule has 2 rings (SSSR count). The van der Waals surface area contributed by atoms with E-state index in [1.165, 1.54) is 12.1 Å². The van der Waals surface area contributed by atoms with Crippen molar-refractivity contribution in [2.75, 3.05) is 13.1 Å². The highest BCUT2D eigenvalue weighted by Gasteiger charge is 2.16. The van der Waals surface area contributed by atoms with E-state index in [1.807, 2.05) is 44.2 Å². The fourth-order valence-corrected chi connectivity index (χ4v) is 3.49. The number of rotatable bonds is 9. The summed E-state index contributed by atoms with van der Waals surface area (Å²) in [6.07, 6.45) is 0. The molecule has 0 aliphatic rings. The van der Waals surface area contributed by atoms with E-state index in [0.717, 1.165) is 12.1 Å². The van der Waals surface area contributed by atoms with Gasteiger partial charge in [-0.2, -0.15) is 0 Å². The number of hydrogen-bond acceptors (Lipinski definition) is 4. The predicted molar refractivity (Wildman–Crippen MR) is 110 cm³/mol. The molecule has 0 radical (unpaired) electrons. The van der Waals surface area contributed by atoms with E-state index in [4.69, 9.17) is 0 Å². The molecule has 0 unspecified atom stereocenters. The van der Waals surface area contributed by atoms with E-state index >= 15 is 0 Å². The summed E-state index contributed by atoms with van der Waals surface area (Å²) in [5.74, 6) is -0.296. The van der Waals surface area contributed by atoms with Crippen molar-refractivity contribution in [3.63, 3.8) is 0 Å². The third-order valence-corrected chi connectivity index (χ3v) is 5.24. The Morgan fingerprint density at radius 2 is 1.78 bits per heavy atom. The molecular formula is C19H26ClN3O3S. The summed E-state index contributed by atoms with van der Waals surface area (Å²) in [6.45, 7) is 5.45. The maximum absolute atomic E-state index is 12.5. The normalized spacial score (nSPS) is 12.1. The molecule has 0 saturated heterocycles. The summed E-state index contributed by atoms with van der Waals surface area (Å²) in [5, 5.41) is 6.00. The van der Waals surface area contributed by atoms with Crippen LogP contribution in [0.1, 0.15) is 29.8 Å². The Balaban J connectivity index is 0.00000364. The van der Waals surface area contributed by atoms with Crippen LogP contribution in [0.4, 0.5) is 0 Å². The van der Waals surface area contributed by atoms with Gasteiger partial charge in [0.25, 0.3) is 5.91 Å². The van der Waals surface area contributed by atoms with Gasteiger partial charge in [-0.05, 0) is 37.2 Å². The van der Waals surface area contributed by atoms with Crippen molar-refractivity contribution in [2.45, 2.75) is 31.3 Å². The Labute approximate surface area is 167 Å². The molecule has 2 aromatic carbocycles. The zero-order valence-electron chi connectivity index (χ0n) is 15.4. The lowest BCUT2D eigenvalue weighted by atomic mass is 10.2. The molecule has 0 aromatic heterocycles. The Bertz CT molecular complexity index is 829. The first-order valence-electron chi connectivity index (χ1n) is 8.57.